The van der Waals surface area contributed by atoms with E-state index >= 15 is 0 Å². The number of nitrogens with one attached hydrogen (secondary N) is 1. The molecule has 0 amide bonds. The van der Waals surface area contributed by atoms with E-state index in [9.17, 15) is 8.42 Å². The van der Waals surface area contributed by atoms with Gasteiger partial charge in [-0.2, -0.15) is 0 Å². The summed E-state index contributed by atoms with van der Waals surface area (Å²) in [7, 11) is -2.57. The summed E-state index contributed by atoms with van der Waals surface area (Å²) < 4.78 is 27.9. The lowest BCUT2D eigenvalue weighted by Crippen LogP contribution is -2.20. The Morgan fingerprint density at radius 2 is 2.14 bits per heavy atom. The molecule has 14 heavy (non-hydrogen) atoms. The van der Waals surface area contributed by atoms with Crippen molar-refractivity contribution >= 4 is 26.0 Å². The largest absolute Gasteiger partial charge is 0.494 e. The zero-order chi connectivity index (χ0) is 10.8. The summed E-state index contributed by atoms with van der Waals surface area (Å²) in [5.41, 5.74) is 0. The van der Waals surface area contributed by atoms with Crippen LogP contribution in [0.25, 0.3) is 0 Å². The smallest absolute Gasteiger partial charge is 0.265 e. The van der Waals surface area contributed by atoms with Crippen LogP contribution in [0, 0.1) is 0 Å². The topological polar surface area (TPSA) is 75.6 Å². The highest BCUT2D eigenvalue weighted by Crippen LogP contribution is 2.31. The quantitative estimate of drug-likeness (QED) is 0.815. The van der Waals surface area contributed by atoms with E-state index in [4.69, 9.17) is 9.94 Å². The molecule has 1 aromatic rings. The van der Waals surface area contributed by atoms with Gasteiger partial charge in [-0.05, 0) is 28.1 Å². The molecule has 0 aliphatic carbocycles. The number of sulfonamides is 1. The van der Waals surface area contributed by atoms with Gasteiger partial charge in [0.05, 0.1) is 11.6 Å². The molecule has 0 saturated heterocycles. The van der Waals surface area contributed by atoms with E-state index in [1.54, 1.807) is 6.07 Å². The molecular weight excluding hydrogens is 274 g/mol. The first-order chi connectivity index (χ1) is 6.53. The molecule has 0 saturated carbocycles. The Balaban J connectivity index is 3.42. The van der Waals surface area contributed by atoms with E-state index in [2.05, 4.69) is 15.9 Å². The predicted octanol–water partition coefficient (Wildman–Crippen LogP) is 1.13. The second kappa shape index (κ2) is 4.26. The van der Waals surface area contributed by atoms with Crippen LogP contribution in [-0.2, 0) is 10.0 Å². The van der Waals surface area contributed by atoms with Crippen molar-refractivity contribution in [3.63, 3.8) is 0 Å². The first-order valence-corrected chi connectivity index (χ1v) is 5.79. The molecule has 7 heteroatoms. The van der Waals surface area contributed by atoms with Crippen molar-refractivity contribution in [2.45, 2.75) is 4.90 Å². The highest BCUT2D eigenvalue weighted by molar-refractivity contribution is 9.10. The lowest BCUT2D eigenvalue weighted by Gasteiger charge is -2.08. The van der Waals surface area contributed by atoms with Gasteiger partial charge in [-0.3, -0.25) is 0 Å². The molecule has 0 unspecified atom stereocenters. The fourth-order valence-electron chi connectivity index (χ4n) is 0.948. The number of halogens is 1. The highest BCUT2D eigenvalue weighted by Gasteiger charge is 2.19. The monoisotopic (exact) mass is 281 g/mol. The second-order valence-electron chi connectivity index (χ2n) is 2.37. The normalized spacial score (nSPS) is 11.4. The van der Waals surface area contributed by atoms with Crippen molar-refractivity contribution in [2.24, 2.45) is 0 Å². The third-order valence-corrected chi connectivity index (χ3v) is 3.31. The van der Waals surface area contributed by atoms with E-state index in [1.165, 1.54) is 24.1 Å². The fourth-order valence-corrected chi connectivity index (χ4v) is 2.40. The Kier molecular flexibility index (Phi) is 3.48. The van der Waals surface area contributed by atoms with Gasteiger partial charge in [-0.25, -0.2) is 8.42 Å². The summed E-state index contributed by atoms with van der Waals surface area (Å²) in [5.74, 6) is 0.147. The minimum atomic E-state index is -3.91. The van der Waals surface area contributed by atoms with Gasteiger partial charge in [0, 0.05) is 0 Å². The summed E-state index contributed by atoms with van der Waals surface area (Å²) in [6.07, 6.45) is 0. The molecule has 0 spiro atoms. The maximum Gasteiger partial charge on any atom is 0.265 e. The Morgan fingerprint density at radius 3 is 2.64 bits per heavy atom. The molecule has 0 atom stereocenters. The van der Waals surface area contributed by atoms with Crippen molar-refractivity contribution < 1.29 is 18.4 Å². The van der Waals surface area contributed by atoms with E-state index in [-0.39, 0.29) is 10.6 Å². The molecule has 0 aliphatic heterocycles. The van der Waals surface area contributed by atoms with Crippen molar-refractivity contribution in [2.75, 3.05) is 7.11 Å². The van der Waals surface area contributed by atoms with Crippen molar-refractivity contribution in [3.8, 4) is 5.75 Å². The summed E-state index contributed by atoms with van der Waals surface area (Å²) in [6.45, 7) is 0. The van der Waals surface area contributed by atoms with Crippen LogP contribution in [0.4, 0.5) is 0 Å². The van der Waals surface area contributed by atoms with Crippen molar-refractivity contribution in [1.29, 1.82) is 0 Å². The SMILES string of the molecule is COc1c(Br)cccc1S(=O)(=O)NO. The molecule has 0 aliphatic rings. The second-order valence-corrected chi connectivity index (χ2v) is 4.85. The first-order valence-electron chi connectivity index (χ1n) is 3.51. The van der Waals surface area contributed by atoms with Gasteiger partial charge < -0.3 is 9.94 Å². The molecule has 0 fully saturated rings. The van der Waals surface area contributed by atoms with Gasteiger partial charge in [0.15, 0.2) is 5.75 Å². The summed E-state index contributed by atoms with van der Waals surface area (Å²) in [6, 6.07) is 4.48. The van der Waals surface area contributed by atoms with Gasteiger partial charge in [0.25, 0.3) is 10.0 Å². The zero-order valence-electron chi connectivity index (χ0n) is 7.19. The standard InChI is InChI=1S/C7H8BrNO4S/c1-13-7-5(8)3-2-4-6(7)14(11,12)9-10/h2-4,9-10H,1H3. The van der Waals surface area contributed by atoms with Crippen LogP contribution in [0.1, 0.15) is 0 Å². The van der Waals surface area contributed by atoms with Crippen LogP contribution in [0.15, 0.2) is 27.6 Å². The Hall–Kier alpha value is -0.630. The maximum atomic E-state index is 11.3. The molecule has 5 nitrogen and oxygen atoms in total. The van der Waals surface area contributed by atoms with Crippen LogP contribution in [0.5, 0.6) is 5.75 Å². The number of hydrogen-bond donors (Lipinski definition) is 2. The van der Waals surface area contributed by atoms with E-state index < -0.39 is 10.0 Å². The summed E-state index contributed by atoms with van der Waals surface area (Å²) in [4.78, 5) is 1.10. The molecule has 0 radical (unpaired) electrons. The number of methoxy groups -OCH3 is 1. The summed E-state index contributed by atoms with van der Waals surface area (Å²) in [5, 5.41) is 8.45. The fraction of sp³-hybridized carbons (Fsp3) is 0.143. The van der Waals surface area contributed by atoms with Gasteiger partial charge in [-0.15, -0.1) is 0 Å². The average Bonchev–Trinajstić information content (AvgIpc) is 2.17. The minimum absolute atomic E-state index is 0.128. The van der Waals surface area contributed by atoms with Gasteiger partial charge in [0.1, 0.15) is 4.90 Å². The Labute approximate surface area is 89.8 Å². The maximum absolute atomic E-state index is 11.3. The van der Waals surface area contributed by atoms with Crippen LogP contribution < -0.4 is 9.62 Å². The molecule has 1 rings (SSSR count). The third-order valence-electron chi connectivity index (χ3n) is 1.54. The molecule has 0 heterocycles. The molecular formula is C7H8BrNO4S. The number of para-hydroxylation sites is 1. The number of hydrogen-bond acceptors (Lipinski definition) is 4. The predicted molar refractivity (Wildman–Crippen MR) is 52.8 cm³/mol. The minimum Gasteiger partial charge on any atom is -0.494 e. The van der Waals surface area contributed by atoms with E-state index in [1.807, 2.05) is 0 Å². The van der Waals surface area contributed by atoms with E-state index in [0.717, 1.165) is 0 Å². The lowest BCUT2D eigenvalue weighted by molar-refractivity contribution is 0.242. The van der Waals surface area contributed by atoms with Gasteiger partial charge >= 0.3 is 0 Å². The Bertz CT molecular complexity index is 431. The zero-order valence-corrected chi connectivity index (χ0v) is 9.59. The Morgan fingerprint density at radius 1 is 1.50 bits per heavy atom. The van der Waals surface area contributed by atoms with Crippen LogP contribution in [0.2, 0.25) is 0 Å². The number of benzene rings is 1. The molecule has 0 bridgehead atoms. The van der Waals surface area contributed by atoms with Crippen LogP contribution >= 0.6 is 15.9 Å². The third kappa shape index (κ3) is 2.06. The van der Waals surface area contributed by atoms with Gasteiger partial charge in [0.2, 0.25) is 0 Å². The lowest BCUT2D eigenvalue weighted by atomic mass is 10.3. The average molecular weight is 282 g/mol. The first kappa shape index (κ1) is 11.4. The molecule has 78 valence electrons. The number of rotatable bonds is 3. The van der Waals surface area contributed by atoms with E-state index in [0.29, 0.717) is 4.47 Å². The van der Waals surface area contributed by atoms with Crippen molar-refractivity contribution in [1.82, 2.24) is 4.89 Å². The molecule has 1 aromatic carbocycles. The van der Waals surface area contributed by atoms with Crippen molar-refractivity contribution in [3.05, 3.63) is 22.7 Å². The summed E-state index contributed by atoms with van der Waals surface area (Å²) >= 11 is 3.13. The highest BCUT2D eigenvalue weighted by atomic mass is 79.9. The number of ether oxygens (including phenoxy) is 1. The molecule has 2 N–H and O–H groups in total. The molecule has 0 aromatic heterocycles. The van der Waals surface area contributed by atoms with Crippen LogP contribution in [-0.4, -0.2) is 20.7 Å². The van der Waals surface area contributed by atoms with Gasteiger partial charge in [-0.1, -0.05) is 11.0 Å². The van der Waals surface area contributed by atoms with Crippen LogP contribution in [0.3, 0.4) is 0 Å².